The third-order valence-corrected chi connectivity index (χ3v) is 2.08. The average molecular weight is 244 g/mol. The highest BCUT2D eigenvalue weighted by Gasteiger charge is 2.06. The second-order valence-corrected chi connectivity index (χ2v) is 6.21. The molecular formula is C15H32O2. The lowest BCUT2D eigenvalue weighted by Gasteiger charge is -2.05. The molecule has 2 heteroatoms. The molecule has 0 aromatic heterocycles. The molecule has 0 fully saturated rings. The minimum absolute atomic E-state index is 0.125. The van der Waals surface area contributed by atoms with E-state index in [2.05, 4.69) is 41.5 Å². The van der Waals surface area contributed by atoms with Gasteiger partial charge in [0.25, 0.3) is 0 Å². The molecule has 17 heavy (non-hydrogen) atoms. The van der Waals surface area contributed by atoms with E-state index in [9.17, 15) is 4.79 Å². The van der Waals surface area contributed by atoms with Crippen LogP contribution in [0.4, 0.5) is 0 Å². The quantitative estimate of drug-likeness (QED) is 0.765. The number of Topliss-reactive ketones (excluding diaryl/α,β-unsaturated/α-hetero) is 1. The van der Waals surface area contributed by atoms with Crippen LogP contribution in [-0.2, 0) is 4.79 Å². The third kappa shape index (κ3) is 21.5. The first-order valence-corrected chi connectivity index (χ1v) is 6.84. The van der Waals surface area contributed by atoms with Crippen LogP contribution >= 0.6 is 0 Å². The lowest BCUT2D eigenvalue weighted by atomic mass is 10.00. The average Bonchev–Trinajstić information content (AvgIpc) is 1.97. The predicted octanol–water partition coefficient (Wildman–Crippen LogP) is 4.06. The molecule has 0 rings (SSSR count). The molecule has 0 aliphatic heterocycles. The number of aliphatic hydroxyl groups is 1. The number of carbonyl (C=O) groups excluding carboxylic acids is 1. The summed E-state index contributed by atoms with van der Waals surface area (Å²) in [7, 11) is 0. The van der Waals surface area contributed by atoms with E-state index in [0.29, 0.717) is 23.5 Å². The van der Waals surface area contributed by atoms with Crippen molar-refractivity contribution in [2.24, 2.45) is 17.8 Å². The molecule has 104 valence electrons. The van der Waals surface area contributed by atoms with Gasteiger partial charge >= 0.3 is 0 Å². The summed E-state index contributed by atoms with van der Waals surface area (Å²) in [6.45, 7) is 14.4. The summed E-state index contributed by atoms with van der Waals surface area (Å²) in [6, 6.07) is 0. The molecular weight excluding hydrogens is 212 g/mol. The highest BCUT2D eigenvalue weighted by atomic mass is 16.3. The van der Waals surface area contributed by atoms with Gasteiger partial charge in [-0.05, 0) is 31.1 Å². The lowest BCUT2D eigenvalue weighted by molar-refractivity contribution is -0.120. The van der Waals surface area contributed by atoms with E-state index in [1.165, 1.54) is 0 Å². The van der Waals surface area contributed by atoms with Gasteiger partial charge in [0.1, 0.15) is 5.78 Å². The van der Waals surface area contributed by atoms with Gasteiger partial charge in [0.05, 0.1) is 6.10 Å². The Hall–Kier alpha value is -0.370. The van der Waals surface area contributed by atoms with E-state index < -0.39 is 0 Å². The molecule has 0 heterocycles. The van der Waals surface area contributed by atoms with E-state index in [-0.39, 0.29) is 6.10 Å². The second kappa shape index (κ2) is 10.8. The van der Waals surface area contributed by atoms with Gasteiger partial charge in [0.2, 0.25) is 0 Å². The zero-order valence-electron chi connectivity index (χ0n) is 12.8. The summed E-state index contributed by atoms with van der Waals surface area (Å²) in [5.74, 6) is 2.07. The third-order valence-electron chi connectivity index (χ3n) is 2.08. The van der Waals surface area contributed by atoms with Crippen molar-refractivity contribution in [1.29, 1.82) is 0 Å². The molecule has 0 spiro atoms. The molecule has 1 atom stereocenters. The maximum atomic E-state index is 11.1. The smallest absolute Gasteiger partial charge is 0.133 e. The topological polar surface area (TPSA) is 37.3 Å². The molecule has 2 nitrogen and oxygen atoms in total. The lowest BCUT2D eigenvalue weighted by Crippen LogP contribution is -2.05. The molecule has 0 radical (unpaired) electrons. The van der Waals surface area contributed by atoms with Crippen LogP contribution in [0, 0.1) is 17.8 Å². The van der Waals surface area contributed by atoms with Crippen molar-refractivity contribution >= 4 is 5.78 Å². The zero-order chi connectivity index (χ0) is 14.0. The van der Waals surface area contributed by atoms with Crippen LogP contribution in [0.1, 0.15) is 67.7 Å². The normalized spacial score (nSPS) is 12.6. The first kappa shape index (κ1) is 19.0. The van der Waals surface area contributed by atoms with Crippen LogP contribution in [-0.4, -0.2) is 17.0 Å². The first-order valence-electron chi connectivity index (χ1n) is 6.84. The van der Waals surface area contributed by atoms with Crippen LogP contribution in [0.15, 0.2) is 0 Å². The van der Waals surface area contributed by atoms with Crippen molar-refractivity contribution in [3.05, 3.63) is 0 Å². The fourth-order valence-corrected chi connectivity index (χ4v) is 1.68. The van der Waals surface area contributed by atoms with Gasteiger partial charge in [-0.3, -0.25) is 4.79 Å². The Labute approximate surface area is 108 Å². The SMILES string of the molecule is CC(C)CC(=O)CC(C)C.CC(C)CC(C)O. The van der Waals surface area contributed by atoms with Crippen molar-refractivity contribution in [1.82, 2.24) is 0 Å². The molecule has 0 aromatic rings. The van der Waals surface area contributed by atoms with Gasteiger partial charge in [-0.2, -0.15) is 0 Å². The molecule has 0 saturated carbocycles. The van der Waals surface area contributed by atoms with Gasteiger partial charge in [-0.25, -0.2) is 0 Å². The van der Waals surface area contributed by atoms with Gasteiger partial charge in [-0.1, -0.05) is 41.5 Å². The zero-order valence-corrected chi connectivity index (χ0v) is 12.8. The number of ketones is 1. The molecule has 0 bridgehead atoms. The van der Waals surface area contributed by atoms with Crippen molar-refractivity contribution in [3.8, 4) is 0 Å². The molecule has 1 unspecified atom stereocenters. The number of hydrogen-bond acceptors (Lipinski definition) is 2. The monoisotopic (exact) mass is 244 g/mol. The van der Waals surface area contributed by atoms with Gasteiger partial charge in [0, 0.05) is 12.8 Å². The molecule has 0 amide bonds. The fourth-order valence-electron chi connectivity index (χ4n) is 1.68. The first-order chi connectivity index (χ1) is 7.65. The van der Waals surface area contributed by atoms with Crippen LogP contribution in [0.2, 0.25) is 0 Å². The minimum Gasteiger partial charge on any atom is -0.393 e. The Morgan fingerprint density at radius 2 is 1.18 bits per heavy atom. The van der Waals surface area contributed by atoms with E-state index in [4.69, 9.17) is 5.11 Å². The van der Waals surface area contributed by atoms with Gasteiger partial charge in [-0.15, -0.1) is 0 Å². The van der Waals surface area contributed by atoms with E-state index >= 15 is 0 Å². The van der Waals surface area contributed by atoms with E-state index in [1.54, 1.807) is 0 Å². The Balaban J connectivity index is 0. The van der Waals surface area contributed by atoms with Gasteiger partial charge < -0.3 is 5.11 Å². The summed E-state index contributed by atoms with van der Waals surface area (Å²) in [6.07, 6.45) is 2.29. The Morgan fingerprint density at radius 3 is 1.29 bits per heavy atom. The van der Waals surface area contributed by atoms with Crippen molar-refractivity contribution in [2.75, 3.05) is 0 Å². The number of aliphatic hydroxyl groups excluding tert-OH is 1. The minimum atomic E-state index is -0.125. The Morgan fingerprint density at radius 1 is 0.824 bits per heavy atom. The predicted molar refractivity (Wildman–Crippen MR) is 75.1 cm³/mol. The maximum absolute atomic E-state index is 11.1. The molecule has 1 N–H and O–H groups in total. The summed E-state index contributed by atoms with van der Waals surface area (Å²) < 4.78 is 0. The van der Waals surface area contributed by atoms with Crippen LogP contribution in [0.3, 0.4) is 0 Å². The molecule has 0 aromatic carbocycles. The fraction of sp³-hybridized carbons (Fsp3) is 0.933. The Kier molecular flexibility index (Phi) is 12.0. The number of carbonyl (C=O) groups is 1. The highest BCUT2D eigenvalue weighted by Crippen LogP contribution is 2.07. The molecule has 0 aliphatic rings. The van der Waals surface area contributed by atoms with Crippen molar-refractivity contribution in [2.45, 2.75) is 73.8 Å². The Bertz CT molecular complexity index is 163. The number of hydrogen-bond donors (Lipinski definition) is 1. The van der Waals surface area contributed by atoms with Crippen LogP contribution in [0.25, 0.3) is 0 Å². The van der Waals surface area contributed by atoms with Crippen LogP contribution in [0.5, 0.6) is 0 Å². The molecule has 0 saturated heterocycles. The van der Waals surface area contributed by atoms with E-state index in [1.807, 2.05) is 6.92 Å². The van der Waals surface area contributed by atoms with Crippen LogP contribution < -0.4 is 0 Å². The number of rotatable bonds is 6. The highest BCUT2D eigenvalue weighted by molar-refractivity contribution is 5.78. The second-order valence-electron chi connectivity index (χ2n) is 6.21. The molecule has 0 aliphatic carbocycles. The van der Waals surface area contributed by atoms with Gasteiger partial charge in [0.15, 0.2) is 0 Å². The summed E-state index contributed by atoms with van der Waals surface area (Å²) >= 11 is 0. The summed E-state index contributed by atoms with van der Waals surface area (Å²) in [5, 5.41) is 8.72. The van der Waals surface area contributed by atoms with Crippen molar-refractivity contribution < 1.29 is 9.90 Å². The largest absolute Gasteiger partial charge is 0.393 e. The van der Waals surface area contributed by atoms with Crippen molar-refractivity contribution in [3.63, 3.8) is 0 Å². The maximum Gasteiger partial charge on any atom is 0.133 e. The summed E-state index contributed by atoms with van der Waals surface area (Å²) in [4.78, 5) is 11.1. The standard InChI is InChI=1S/C9H18O.C6H14O/c1-7(2)5-9(10)6-8(3)4;1-5(2)4-6(3)7/h7-8H,5-6H2,1-4H3;5-7H,4H2,1-3H3. The van der Waals surface area contributed by atoms with E-state index in [0.717, 1.165) is 19.3 Å². The summed E-state index contributed by atoms with van der Waals surface area (Å²) in [5.41, 5.74) is 0.